The van der Waals surface area contributed by atoms with Gasteiger partial charge in [0.2, 0.25) is 5.69 Å². The Balaban J connectivity index is 1.36. The number of nitrogens with two attached hydrogens (primary N) is 2. The zero-order chi connectivity index (χ0) is 25.3. The number of aliphatic hydroxyl groups excluding tert-OH is 2. The lowest BCUT2D eigenvalue weighted by Gasteiger charge is -2.25. The number of aromatic nitrogens is 4. The van der Waals surface area contributed by atoms with Gasteiger partial charge >= 0.3 is 11.4 Å². The molecule has 35 heavy (non-hydrogen) atoms. The number of nitrogens with zero attached hydrogens (tertiary/aromatic N) is 4. The Kier molecular flexibility index (Phi) is 7.95. The van der Waals surface area contributed by atoms with Gasteiger partial charge in [-0.1, -0.05) is 12.2 Å². The second-order valence-corrected chi connectivity index (χ2v) is 13.2. The van der Waals surface area contributed by atoms with Crippen LogP contribution in [0.2, 0.25) is 0 Å². The van der Waals surface area contributed by atoms with Crippen molar-refractivity contribution < 1.29 is 28.7 Å². The number of hydrogen-bond acceptors (Lipinski definition) is 13. The van der Waals surface area contributed by atoms with Crippen molar-refractivity contribution in [2.45, 2.75) is 49.7 Å². The average Bonchev–Trinajstić information content (AvgIpc) is 3.34. The molecule has 2 aliphatic heterocycles. The van der Waals surface area contributed by atoms with Crippen LogP contribution in [-0.2, 0) is 30.3 Å². The van der Waals surface area contributed by atoms with Crippen molar-refractivity contribution in [3.05, 3.63) is 45.5 Å². The highest BCUT2D eigenvalue weighted by Crippen LogP contribution is 2.56. The average molecular weight is 549 g/mol. The maximum Gasteiger partial charge on any atom is 0.351 e. The second-order valence-electron chi connectivity index (χ2n) is 7.97. The van der Waals surface area contributed by atoms with E-state index in [4.69, 9.17) is 41.8 Å². The van der Waals surface area contributed by atoms with E-state index in [0.717, 1.165) is 0 Å². The Bertz CT molecular complexity index is 1230. The van der Waals surface area contributed by atoms with Crippen LogP contribution < -0.4 is 22.8 Å². The van der Waals surface area contributed by atoms with Crippen molar-refractivity contribution in [3.63, 3.8) is 0 Å². The van der Waals surface area contributed by atoms with Crippen molar-refractivity contribution in [2.75, 3.05) is 24.7 Å². The molecule has 6 N–H and O–H groups in total. The van der Waals surface area contributed by atoms with Crippen LogP contribution in [0.15, 0.2) is 34.1 Å². The summed E-state index contributed by atoms with van der Waals surface area (Å²) in [6, 6.07) is 2.90. The van der Waals surface area contributed by atoms with Gasteiger partial charge in [0.25, 0.3) is 0 Å². The van der Waals surface area contributed by atoms with E-state index in [1.807, 2.05) is 0 Å². The molecule has 2 fully saturated rings. The summed E-state index contributed by atoms with van der Waals surface area (Å²) in [7, 11) is 0. The van der Waals surface area contributed by atoms with Gasteiger partial charge in [-0.25, -0.2) is 9.59 Å². The van der Waals surface area contributed by atoms with E-state index in [1.165, 1.54) is 33.7 Å². The summed E-state index contributed by atoms with van der Waals surface area (Å²) in [5.74, 6) is 0.153. The molecule has 2 saturated heterocycles. The molecular weight excluding hydrogens is 523 g/mol. The zero-order valence-corrected chi connectivity index (χ0v) is 20.8. The maximum atomic E-state index is 12.1. The van der Waals surface area contributed by atoms with E-state index < -0.39 is 60.6 Å². The number of hydrogen-bond donors (Lipinski definition) is 5. The van der Waals surface area contributed by atoms with Crippen LogP contribution >= 0.6 is 17.9 Å². The van der Waals surface area contributed by atoms with Crippen molar-refractivity contribution in [1.29, 1.82) is 0 Å². The van der Waals surface area contributed by atoms with E-state index in [0.29, 0.717) is 0 Å². The number of rotatable bonds is 8. The molecule has 2 aromatic rings. The zero-order valence-electron chi connectivity index (χ0n) is 18.2. The predicted octanol–water partition coefficient (Wildman–Crippen LogP) is -0.851. The van der Waals surface area contributed by atoms with Crippen LogP contribution in [0.3, 0.4) is 0 Å². The van der Waals surface area contributed by atoms with Crippen LogP contribution in [0.1, 0.15) is 25.3 Å². The van der Waals surface area contributed by atoms with E-state index in [2.05, 4.69) is 22.2 Å². The second kappa shape index (κ2) is 10.6. The fourth-order valence-corrected chi connectivity index (χ4v) is 5.88. The van der Waals surface area contributed by atoms with Gasteiger partial charge in [0.15, 0.2) is 0 Å². The van der Waals surface area contributed by atoms with E-state index in [-0.39, 0.29) is 31.1 Å². The van der Waals surface area contributed by atoms with Crippen molar-refractivity contribution in [1.82, 2.24) is 19.1 Å². The largest absolute Gasteiger partial charge is 0.394 e. The molecule has 192 valence electrons. The van der Waals surface area contributed by atoms with Crippen LogP contribution in [0, 0.1) is 0 Å². The lowest BCUT2D eigenvalue weighted by molar-refractivity contribution is -0.0483. The Hall–Kier alpha value is -1.88. The van der Waals surface area contributed by atoms with Crippen molar-refractivity contribution >= 4 is 41.4 Å². The lowest BCUT2D eigenvalue weighted by Crippen LogP contribution is -2.29. The SMILES string of the molecule is Nc1ccn([C@H]2C[C@H](OP(=S)(S)OC[C@H]3O[C@@H](n4ccc(N)nc4=O)C[C@@H]3O)[C@@H](CO)O2)c(=O)n1. The molecular formula is C18H25N6O8PS2. The van der Waals surface area contributed by atoms with Gasteiger partial charge in [-0.2, -0.15) is 9.97 Å². The minimum absolute atomic E-state index is 0.0751. The maximum absolute atomic E-state index is 12.1. The molecule has 0 amide bonds. The third-order valence-electron chi connectivity index (χ3n) is 5.56. The predicted molar refractivity (Wildman–Crippen MR) is 130 cm³/mol. The monoisotopic (exact) mass is 548 g/mol. The molecule has 17 heteroatoms. The third-order valence-corrected chi connectivity index (χ3v) is 7.77. The highest BCUT2D eigenvalue weighted by molar-refractivity contribution is 8.60. The fraction of sp³-hybridized carbons (Fsp3) is 0.556. The minimum Gasteiger partial charge on any atom is -0.394 e. The Labute approximate surface area is 209 Å². The number of ether oxygens (including phenoxy) is 2. The molecule has 4 heterocycles. The van der Waals surface area contributed by atoms with E-state index >= 15 is 0 Å². The first-order valence-electron chi connectivity index (χ1n) is 10.5. The van der Waals surface area contributed by atoms with E-state index in [1.54, 1.807) is 0 Å². The third kappa shape index (κ3) is 6.10. The van der Waals surface area contributed by atoms with Gasteiger partial charge in [0, 0.05) is 25.2 Å². The normalized spacial score (nSPS) is 30.4. The molecule has 0 saturated carbocycles. The Morgan fingerprint density at radius 2 is 1.63 bits per heavy atom. The summed E-state index contributed by atoms with van der Waals surface area (Å²) in [5, 5.41) is 20.1. The standard InChI is InChI=1S/C18H25N6O8PS2/c19-13-1-3-23(17(27)21-13)15-5-9(26)12(31-15)8-29-33(34,35)32-10-6-16(30-11(10)7-25)24-4-2-14(20)22-18(24)28/h1-4,9-12,15-16,25-26H,5-8H2,(H,34,35)(H2,19,21,27)(H2,20,22,28)/t9-,10-,11+,12+,15+,16+/m0/s1. The number of nitrogen functional groups attached to an aromatic ring is 2. The number of thiol groups is 1. The van der Waals surface area contributed by atoms with Crippen molar-refractivity contribution in [3.8, 4) is 0 Å². The Morgan fingerprint density at radius 3 is 2.17 bits per heavy atom. The topological polar surface area (TPSA) is 199 Å². The molecule has 0 aliphatic carbocycles. The van der Waals surface area contributed by atoms with Crippen LogP contribution in [0.4, 0.5) is 11.6 Å². The fourth-order valence-electron chi connectivity index (χ4n) is 3.84. The summed E-state index contributed by atoms with van der Waals surface area (Å²) >= 11 is 9.74. The molecule has 0 radical (unpaired) electrons. The van der Waals surface area contributed by atoms with Gasteiger partial charge < -0.3 is 40.2 Å². The number of anilines is 2. The highest BCUT2D eigenvalue weighted by Gasteiger charge is 2.41. The summed E-state index contributed by atoms with van der Waals surface area (Å²) < 4.78 is 25.5. The molecule has 1 unspecified atom stereocenters. The minimum atomic E-state index is -3.19. The molecule has 14 nitrogen and oxygen atoms in total. The summed E-state index contributed by atoms with van der Waals surface area (Å²) in [5.41, 5.74) is 6.62. The van der Waals surface area contributed by atoms with Gasteiger partial charge in [0.05, 0.1) is 25.4 Å². The van der Waals surface area contributed by atoms with Crippen molar-refractivity contribution in [2.24, 2.45) is 0 Å². The van der Waals surface area contributed by atoms with Crippen LogP contribution in [-0.4, -0.2) is 66.9 Å². The molecule has 0 aromatic carbocycles. The first kappa shape index (κ1) is 26.2. The molecule has 7 atom stereocenters. The van der Waals surface area contributed by atoms with Gasteiger partial charge in [0.1, 0.15) is 36.3 Å². The molecule has 4 rings (SSSR count). The quantitative estimate of drug-likeness (QED) is 0.202. The lowest BCUT2D eigenvalue weighted by atomic mass is 10.2. The van der Waals surface area contributed by atoms with Crippen LogP contribution in [0.5, 0.6) is 0 Å². The Morgan fingerprint density at radius 1 is 1.09 bits per heavy atom. The smallest absolute Gasteiger partial charge is 0.351 e. The highest BCUT2D eigenvalue weighted by atomic mass is 32.9. The van der Waals surface area contributed by atoms with Gasteiger partial charge in [-0.3, -0.25) is 9.13 Å². The number of aliphatic hydroxyl groups is 2. The molecule has 2 aliphatic rings. The van der Waals surface area contributed by atoms with E-state index in [9.17, 15) is 19.8 Å². The summed E-state index contributed by atoms with van der Waals surface area (Å²) in [6.45, 7) is -0.546. The van der Waals surface area contributed by atoms with Crippen LogP contribution in [0.25, 0.3) is 0 Å². The van der Waals surface area contributed by atoms with Gasteiger partial charge in [-0.05, 0) is 23.9 Å². The molecule has 2 aromatic heterocycles. The van der Waals surface area contributed by atoms with Gasteiger partial charge in [-0.15, -0.1) is 0 Å². The first-order chi connectivity index (χ1) is 16.6. The first-order valence-corrected chi connectivity index (χ1v) is 14.3. The molecule has 0 spiro atoms. The molecule has 0 bridgehead atoms. The summed E-state index contributed by atoms with van der Waals surface area (Å²) in [6.07, 6.45) is -1.58. The summed E-state index contributed by atoms with van der Waals surface area (Å²) in [4.78, 5) is 31.5.